The minimum absolute atomic E-state index is 0.0192. The highest BCUT2D eigenvalue weighted by molar-refractivity contribution is 7.92. The molecule has 0 spiro atoms. The molecule has 0 aromatic rings. The van der Waals surface area contributed by atoms with Crippen LogP contribution in [0.25, 0.3) is 0 Å². The summed E-state index contributed by atoms with van der Waals surface area (Å²) in [5.41, 5.74) is -0.997. The van der Waals surface area contributed by atoms with Crippen molar-refractivity contribution in [2.75, 3.05) is 12.3 Å². The molecule has 0 bridgehead atoms. The molecular formula is C40H62F2N2O7S. The molecular weight excluding hydrogens is 691 g/mol. The van der Waals surface area contributed by atoms with Gasteiger partial charge in [0, 0.05) is 56.5 Å². The molecule has 5 atom stereocenters. The molecule has 3 aliphatic carbocycles. The van der Waals surface area contributed by atoms with E-state index >= 15 is 8.78 Å². The van der Waals surface area contributed by atoms with Crippen LogP contribution in [0, 0.1) is 34.5 Å². The number of carbonyl (C=O) groups is 5. The molecule has 3 saturated carbocycles. The third-order valence-corrected chi connectivity index (χ3v) is 16.1. The van der Waals surface area contributed by atoms with Crippen LogP contribution in [-0.2, 0) is 33.8 Å². The van der Waals surface area contributed by atoms with Crippen LogP contribution >= 0.6 is 0 Å². The molecule has 2 heterocycles. The number of alkyl halides is 2. The number of ketones is 3. The Morgan fingerprint density at radius 2 is 1.48 bits per heavy atom. The second-order valence-corrected chi connectivity index (χ2v) is 21.5. The molecule has 2 aliphatic heterocycles. The summed E-state index contributed by atoms with van der Waals surface area (Å²) >= 11 is 0. The average Bonchev–Trinajstić information content (AvgIpc) is 3.89. The maximum absolute atomic E-state index is 15.3. The Morgan fingerprint density at radius 3 is 2.12 bits per heavy atom. The number of Topliss-reactive ketones (excluding diaryl/α,β-unsaturated/α-hetero) is 3. The van der Waals surface area contributed by atoms with Gasteiger partial charge in [-0.1, -0.05) is 52.4 Å². The quantitative estimate of drug-likeness (QED) is 0.256. The molecule has 52 heavy (non-hydrogen) atoms. The van der Waals surface area contributed by atoms with Crippen LogP contribution in [0.2, 0.25) is 0 Å². The SMILES string of the molecule is CC1(C)[C@@H]2[C@H]3C(=O)C[C@H](C(=O)C(=O)NC4CC4)CCCCCCC(F)(F)CC[C@H](CC(=O)CC4(CS(=O)(=O)C(C)(C)C)CCCCC4)C(=O)N3C[C@@H]21. The van der Waals surface area contributed by atoms with Gasteiger partial charge in [0.1, 0.15) is 5.78 Å². The molecule has 2 amide bonds. The van der Waals surface area contributed by atoms with Crippen LogP contribution in [0.1, 0.15) is 150 Å². The molecule has 0 aromatic heterocycles. The monoisotopic (exact) mass is 752 g/mol. The number of hydrogen-bond donors (Lipinski definition) is 1. The predicted molar refractivity (Wildman–Crippen MR) is 194 cm³/mol. The predicted octanol–water partition coefficient (Wildman–Crippen LogP) is 6.79. The van der Waals surface area contributed by atoms with Gasteiger partial charge in [-0.2, -0.15) is 0 Å². The van der Waals surface area contributed by atoms with E-state index in [9.17, 15) is 32.4 Å². The first-order chi connectivity index (χ1) is 24.2. The molecule has 0 aromatic carbocycles. The van der Waals surface area contributed by atoms with E-state index in [4.69, 9.17) is 0 Å². The lowest BCUT2D eigenvalue weighted by Gasteiger charge is -2.39. The first-order valence-electron chi connectivity index (χ1n) is 20.0. The number of hydrogen-bond acceptors (Lipinski definition) is 7. The first-order valence-corrected chi connectivity index (χ1v) is 21.6. The Morgan fingerprint density at radius 1 is 0.865 bits per heavy atom. The van der Waals surface area contributed by atoms with Gasteiger partial charge in [0.25, 0.3) is 5.91 Å². The van der Waals surface area contributed by atoms with E-state index < -0.39 is 67.8 Å². The lowest BCUT2D eigenvalue weighted by atomic mass is 9.71. The molecule has 5 rings (SSSR count). The largest absolute Gasteiger partial charge is 0.347 e. The van der Waals surface area contributed by atoms with Crippen LogP contribution in [0.4, 0.5) is 8.78 Å². The van der Waals surface area contributed by atoms with Gasteiger partial charge in [0.05, 0.1) is 16.5 Å². The number of nitrogens with zero attached hydrogens (tertiary/aromatic N) is 1. The maximum Gasteiger partial charge on any atom is 0.287 e. The number of nitrogens with one attached hydrogen (secondary N) is 1. The van der Waals surface area contributed by atoms with Gasteiger partial charge in [-0.3, -0.25) is 24.0 Å². The zero-order valence-electron chi connectivity index (χ0n) is 32.1. The fourth-order valence-electron chi connectivity index (χ4n) is 9.49. The van der Waals surface area contributed by atoms with Crippen LogP contribution in [0.5, 0.6) is 0 Å². The molecule has 2 saturated heterocycles. The minimum atomic E-state index is -3.56. The molecule has 0 radical (unpaired) electrons. The van der Waals surface area contributed by atoms with Crippen LogP contribution in [0.3, 0.4) is 0 Å². The van der Waals surface area contributed by atoms with Crippen molar-refractivity contribution in [2.24, 2.45) is 34.5 Å². The second kappa shape index (κ2) is 15.5. The summed E-state index contributed by atoms with van der Waals surface area (Å²) in [6, 6.07) is -0.881. The summed E-state index contributed by atoms with van der Waals surface area (Å²) in [6.07, 6.45) is 5.86. The van der Waals surface area contributed by atoms with Gasteiger partial charge in [-0.15, -0.1) is 0 Å². The lowest BCUT2D eigenvalue weighted by molar-refractivity contribution is -0.146. The van der Waals surface area contributed by atoms with Crippen molar-refractivity contribution in [1.82, 2.24) is 10.2 Å². The Labute approximate surface area is 309 Å². The van der Waals surface area contributed by atoms with Gasteiger partial charge < -0.3 is 10.2 Å². The van der Waals surface area contributed by atoms with E-state index in [0.717, 1.165) is 32.1 Å². The zero-order valence-corrected chi connectivity index (χ0v) is 32.9. The number of sulfone groups is 1. The molecule has 294 valence electrons. The third-order valence-electron chi connectivity index (χ3n) is 13.2. The maximum atomic E-state index is 15.3. The van der Waals surface area contributed by atoms with Crippen molar-refractivity contribution < 1.29 is 41.2 Å². The van der Waals surface area contributed by atoms with Crippen molar-refractivity contribution in [2.45, 2.75) is 173 Å². The van der Waals surface area contributed by atoms with Crippen molar-refractivity contribution in [3.05, 3.63) is 0 Å². The Kier molecular flexibility index (Phi) is 12.2. The fraction of sp³-hybridized carbons (Fsp3) is 0.875. The fourth-order valence-corrected chi connectivity index (χ4v) is 11.1. The molecule has 12 heteroatoms. The van der Waals surface area contributed by atoms with E-state index in [2.05, 4.69) is 5.32 Å². The number of fused-ring (bicyclic) bond motifs is 3. The summed E-state index contributed by atoms with van der Waals surface area (Å²) in [6.45, 7) is 9.30. The number of amides is 2. The molecule has 0 unspecified atom stereocenters. The molecule has 9 nitrogen and oxygen atoms in total. The zero-order chi connectivity index (χ0) is 38.3. The molecule has 1 N–H and O–H groups in total. The minimum Gasteiger partial charge on any atom is -0.347 e. The van der Waals surface area contributed by atoms with Gasteiger partial charge in [-0.05, 0) is 88.4 Å². The van der Waals surface area contributed by atoms with Crippen molar-refractivity contribution >= 4 is 39.0 Å². The first kappa shape index (κ1) is 40.9. The summed E-state index contributed by atoms with van der Waals surface area (Å²) in [4.78, 5) is 70.5. The van der Waals surface area contributed by atoms with Gasteiger partial charge >= 0.3 is 0 Å². The van der Waals surface area contributed by atoms with Crippen molar-refractivity contribution in [3.8, 4) is 0 Å². The van der Waals surface area contributed by atoms with E-state index in [0.29, 0.717) is 38.5 Å². The highest BCUT2D eigenvalue weighted by atomic mass is 32.2. The highest BCUT2D eigenvalue weighted by Crippen LogP contribution is 2.65. The third kappa shape index (κ3) is 9.52. The van der Waals surface area contributed by atoms with E-state index in [-0.39, 0.29) is 85.7 Å². The van der Waals surface area contributed by atoms with Gasteiger partial charge in [-0.25, -0.2) is 17.2 Å². The molecule has 5 fully saturated rings. The van der Waals surface area contributed by atoms with Crippen molar-refractivity contribution in [3.63, 3.8) is 0 Å². The van der Waals surface area contributed by atoms with Gasteiger partial charge in [0.15, 0.2) is 15.6 Å². The number of halogens is 2. The van der Waals surface area contributed by atoms with Gasteiger partial charge in [0.2, 0.25) is 17.6 Å². The molecule has 5 aliphatic rings. The number of carbonyl (C=O) groups excluding carboxylic acids is 5. The number of rotatable bonds is 9. The van der Waals surface area contributed by atoms with Crippen molar-refractivity contribution in [1.29, 1.82) is 0 Å². The Balaban J connectivity index is 1.40. The summed E-state index contributed by atoms with van der Waals surface area (Å²) in [5.74, 6) is -7.67. The standard InChI is InChI=1S/C40H62F2N2O7S/c1-37(2,3)52(50,51)25-39(17-10-8-11-18-39)23-29(45)21-27-16-20-40(41,42)19-12-7-6-9-13-26(34(47)35(48)43-28-14-15-28)22-31(46)33-32-30(38(32,4)5)24-44(33)36(27)49/h26-28,30,32-33H,6-25H2,1-5H3,(H,43,48)/t26-,27-,30+,32+,33-/m1/s1. The topological polar surface area (TPSA) is 135 Å². The Bertz CT molecular complexity index is 1490. The van der Waals surface area contributed by atoms with Crippen LogP contribution in [0.15, 0.2) is 0 Å². The number of piperidine rings is 1. The lowest BCUT2D eigenvalue weighted by Crippen LogP contribution is -2.49. The summed E-state index contributed by atoms with van der Waals surface area (Å²) in [7, 11) is -3.56. The van der Waals surface area contributed by atoms with E-state index in [1.54, 1.807) is 20.8 Å². The summed E-state index contributed by atoms with van der Waals surface area (Å²) in [5, 5.41) is 2.74. The average molecular weight is 753 g/mol. The smallest absolute Gasteiger partial charge is 0.287 e. The normalized spacial score (nSPS) is 31.3. The van der Waals surface area contributed by atoms with E-state index in [1.165, 1.54) is 4.90 Å². The highest BCUT2D eigenvalue weighted by Gasteiger charge is 2.69. The van der Waals surface area contributed by atoms with Crippen LogP contribution in [-0.4, -0.2) is 77.5 Å². The van der Waals surface area contributed by atoms with Crippen LogP contribution < -0.4 is 5.32 Å². The second-order valence-electron chi connectivity index (χ2n) is 18.8. The summed E-state index contributed by atoms with van der Waals surface area (Å²) < 4.78 is 56.5. The Hall–Kier alpha value is -2.24. The van der Waals surface area contributed by atoms with E-state index in [1.807, 2.05) is 13.8 Å².